The second kappa shape index (κ2) is 7.44. The molecule has 21 heavy (non-hydrogen) atoms. The van der Waals surface area contributed by atoms with Gasteiger partial charge in [-0.3, -0.25) is 4.98 Å². The van der Waals surface area contributed by atoms with Crippen LogP contribution in [0.3, 0.4) is 0 Å². The quantitative estimate of drug-likeness (QED) is 0.648. The van der Waals surface area contributed by atoms with Gasteiger partial charge >= 0.3 is 0 Å². The molecule has 0 aliphatic rings. The Hall–Kier alpha value is -1.57. The molecule has 0 saturated carbocycles. The SMILES string of the molecule is Cc1cc2ncc(C#N)c(SCCCCCN)c2cc1C. The van der Waals surface area contributed by atoms with Gasteiger partial charge in [-0.25, -0.2) is 0 Å². The van der Waals surface area contributed by atoms with Gasteiger partial charge in [0.05, 0.1) is 11.1 Å². The van der Waals surface area contributed by atoms with Crippen molar-refractivity contribution in [2.24, 2.45) is 5.73 Å². The van der Waals surface area contributed by atoms with Gasteiger partial charge in [-0.05, 0) is 62.2 Å². The van der Waals surface area contributed by atoms with Crippen LogP contribution in [0, 0.1) is 25.2 Å². The van der Waals surface area contributed by atoms with Crippen molar-refractivity contribution in [3.8, 4) is 6.07 Å². The second-order valence-electron chi connectivity index (χ2n) is 5.26. The molecule has 0 saturated heterocycles. The molecule has 3 nitrogen and oxygen atoms in total. The number of unbranched alkanes of at least 4 members (excludes halogenated alkanes) is 2. The van der Waals surface area contributed by atoms with E-state index >= 15 is 0 Å². The van der Waals surface area contributed by atoms with Crippen molar-refractivity contribution in [1.82, 2.24) is 4.98 Å². The van der Waals surface area contributed by atoms with Crippen molar-refractivity contribution in [2.45, 2.75) is 38.0 Å². The number of aryl methyl sites for hydroxylation is 2. The van der Waals surface area contributed by atoms with E-state index in [1.54, 1.807) is 18.0 Å². The zero-order valence-electron chi connectivity index (χ0n) is 12.6. The number of hydrogen-bond donors (Lipinski definition) is 1. The van der Waals surface area contributed by atoms with Crippen LogP contribution in [0.15, 0.2) is 23.2 Å². The number of aromatic nitrogens is 1. The summed E-state index contributed by atoms with van der Waals surface area (Å²) in [5.74, 6) is 1.01. The van der Waals surface area contributed by atoms with Crippen LogP contribution in [0.5, 0.6) is 0 Å². The van der Waals surface area contributed by atoms with Crippen LogP contribution >= 0.6 is 11.8 Å². The fourth-order valence-corrected chi connectivity index (χ4v) is 3.39. The lowest BCUT2D eigenvalue weighted by molar-refractivity contribution is 0.732. The van der Waals surface area contributed by atoms with Crippen LogP contribution in [-0.4, -0.2) is 17.3 Å². The van der Waals surface area contributed by atoms with E-state index in [4.69, 9.17) is 5.73 Å². The number of hydrogen-bond acceptors (Lipinski definition) is 4. The molecule has 0 spiro atoms. The van der Waals surface area contributed by atoms with Gasteiger partial charge in [-0.1, -0.05) is 6.42 Å². The third-order valence-electron chi connectivity index (χ3n) is 3.65. The summed E-state index contributed by atoms with van der Waals surface area (Å²) in [6.07, 6.45) is 5.04. The Morgan fingerprint density at radius 1 is 1.19 bits per heavy atom. The molecule has 2 aromatic rings. The van der Waals surface area contributed by atoms with E-state index in [1.165, 1.54) is 11.1 Å². The Morgan fingerprint density at radius 2 is 1.95 bits per heavy atom. The Balaban J connectivity index is 2.30. The second-order valence-corrected chi connectivity index (χ2v) is 6.37. The maximum atomic E-state index is 9.32. The topological polar surface area (TPSA) is 62.7 Å². The first-order chi connectivity index (χ1) is 10.2. The maximum absolute atomic E-state index is 9.32. The van der Waals surface area contributed by atoms with E-state index in [9.17, 15) is 5.26 Å². The number of benzene rings is 1. The highest BCUT2D eigenvalue weighted by Gasteiger charge is 2.10. The average Bonchev–Trinajstić information content (AvgIpc) is 2.48. The van der Waals surface area contributed by atoms with Crippen molar-refractivity contribution in [2.75, 3.05) is 12.3 Å². The van der Waals surface area contributed by atoms with Crippen molar-refractivity contribution in [1.29, 1.82) is 5.26 Å². The number of rotatable bonds is 6. The lowest BCUT2D eigenvalue weighted by atomic mass is 10.1. The van der Waals surface area contributed by atoms with Crippen LogP contribution < -0.4 is 5.73 Å². The molecular formula is C17H21N3S. The first-order valence-corrected chi connectivity index (χ1v) is 8.29. The molecule has 0 aliphatic heterocycles. The predicted molar refractivity (Wildman–Crippen MR) is 89.6 cm³/mol. The molecule has 0 bridgehead atoms. The summed E-state index contributed by atoms with van der Waals surface area (Å²) in [5, 5.41) is 10.4. The Morgan fingerprint density at radius 3 is 2.67 bits per heavy atom. The first kappa shape index (κ1) is 15.8. The highest BCUT2D eigenvalue weighted by Crippen LogP contribution is 2.32. The molecule has 0 aliphatic carbocycles. The highest BCUT2D eigenvalue weighted by molar-refractivity contribution is 7.99. The largest absolute Gasteiger partial charge is 0.330 e. The molecule has 4 heteroatoms. The molecule has 0 radical (unpaired) electrons. The van der Waals surface area contributed by atoms with Gasteiger partial charge in [-0.2, -0.15) is 5.26 Å². The van der Waals surface area contributed by atoms with E-state index in [0.717, 1.165) is 47.4 Å². The molecule has 0 unspecified atom stereocenters. The lowest BCUT2D eigenvalue weighted by Crippen LogP contribution is -1.98. The molecule has 2 rings (SSSR count). The van der Waals surface area contributed by atoms with Crippen LogP contribution in [0.2, 0.25) is 0 Å². The Labute approximate surface area is 130 Å². The minimum Gasteiger partial charge on any atom is -0.330 e. The fourth-order valence-electron chi connectivity index (χ4n) is 2.26. The molecule has 0 atom stereocenters. The van der Waals surface area contributed by atoms with Crippen molar-refractivity contribution >= 4 is 22.7 Å². The minimum atomic E-state index is 0.676. The number of nitrogens with two attached hydrogens (primary N) is 1. The van der Waals surface area contributed by atoms with Crippen LogP contribution in [0.4, 0.5) is 0 Å². The summed E-state index contributed by atoms with van der Waals surface area (Å²) in [6.45, 7) is 4.95. The molecule has 2 N–H and O–H groups in total. The molecule has 0 fully saturated rings. The highest BCUT2D eigenvalue weighted by atomic mass is 32.2. The van der Waals surface area contributed by atoms with Gasteiger partial charge in [0.2, 0.25) is 0 Å². The zero-order chi connectivity index (χ0) is 15.2. The summed E-state index contributed by atoms with van der Waals surface area (Å²) in [4.78, 5) is 5.49. The number of thioether (sulfide) groups is 1. The van der Waals surface area contributed by atoms with E-state index < -0.39 is 0 Å². The summed E-state index contributed by atoms with van der Waals surface area (Å²) in [5.41, 5.74) is 9.64. The summed E-state index contributed by atoms with van der Waals surface area (Å²) < 4.78 is 0. The number of nitriles is 1. The smallest absolute Gasteiger partial charge is 0.102 e. The maximum Gasteiger partial charge on any atom is 0.102 e. The van der Waals surface area contributed by atoms with E-state index in [-0.39, 0.29) is 0 Å². The number of pyridine rings is 1. The van der Waals surface area contributed by atoms with E-state index in [0.29, 0.717) is 5.56 Å². The van der Waals surface area contributed by atoms with Gasteiger partial charge in [-0.15, -0.1) is 11.8 Å². The van der Waals surface area contributed by atoms with E-state index in [2.05, 4.69) is 37.0 Å². The van der Waals surface area contributed by atoms with Gasteiger partial charge in [0, 0.05) is 16.5 Å². The normalized spacial score (nSPS) is 10.8. The number of nitrogens with zero attached hydrogens (tertiary/aromatic N) is 2. The Bertz CT molecular complexity index is 674. The summed E-state index contributed by atoms with van der Waals surface area (Å²) >= 11 is 1.76. The van der Waals surface area contributed by atoms with Crippen molar-refractivity contribution in [3.63, 3.8) is 0 Å². The monoisotopic (exact) mass is 299 g/mol. The fraction of sp³-hybridized carbons (Fsp3) is 0.412. The van der Waals surface area contributed by atoms with E-state index in [1.807, 2.05) is 0 Å². The first-order valence-electron chi connectivity index (χ1n) is 7.30. The summed E-state index contributed by atoms with van der Waals surface area (Å²) in [7, 11) is 0. The Kier molecular flexibility index (Phi) is 5.60. The molecule has 1 aromatic carbocycles. The minimum absolute atomic E-state index is 0.676. The van der Waals surface area contributed by atoms with Crippen molar-refractivity contribution in [3.05, 3.63) is 35.0 Å². The zero-order valence-corrected chi connectivity index (χ0v) is 13.5. The van der Waals surface area contributed by atoms with Crippen LogP contribution in [0.1, 0.15) is 36.0 Å². The molecule has 1 aromatic heterocycles. The van der Waals surface area contributed by atoms with Gasteiger partial charge < -0.3 is 5.73 Å². The molecule has 1 heterocycles. The third-order valence-corrected chi connectivity index (χ3v) is 4.87. The predicted octanol–water partition coefficient (Wildman–Crippen LogP) is 3.94. The third kappa shape index (κ3) is 3.75. The lowest BCUT2D eigenvalue weighted by Gasteiger charge is -2.10. The van der Waals surface area contributed by atoms with Gasteiger partial charge in [0.1, 0.15) is 6.07 Å². The van der Waals surface area contributed by atoms with Gasteiger partial charge in [0.15, 0.2) is 0 Å². The average molecular weight is 299 g/mol. The van der Waals surface area contributed by atoms with Crippen molar-refractivity contribution < 1.29 is 0 Å². The number of fused-ring (bicyclic) bond motifs is 1. The molecular weight excluding hydrogens is 278 g/mol. The summed E-state index contributed by atoms with van der Waals surface area (Å²) in [6, 6.07) is 6.53. The molecule has 110 valence electrons. The van der Waals surface area contributed by atoms with Crippen LogP contribution in [0.25, 0.3) is 10.9 Å². The van der Waals surface area contributed by atoms with Crippen LogP contribution in [-0.2, 0) is 0 Å². The van der Waals surface area contributed by atoms with Gasteiger partial charge in [0.25, 0.3) is 0 Å². The molecule has 0 amide bonds. The standard InChI is InChI=1S/C17H21N3S/c1-12-8-15-16(9-13(12)2)20-11-14(10-19)17(15)21-7-5-3-4-6-18/h8-9,11H,3-7,18H2,1-2H3.